The SMILES string of the molecule is Cc1cc(OCC(=O)N(Cc2cccc(Br)c2)[C@@H](C)C(=O)NC2CCCCC2)ccc1Br. The Labute approximate surface area is 207 Å². The van der Waals surface area contributed by atoms with Gasteiger partial charge in [0.1, 0.15) is 11.8 Å². The number of rotatable bonds is 8. The summed E-state index contributed by atoms with van der Waals surface area (Å²) in [7, 11) is 0. The zero-order chi connectivity index (χ0) is 23.1. The van der Waals surface area contributed by atoms with E-state index in [9.17, 15) is 9.59 Å². The molecule has 0 saturated heterocycles. The summed E-state index contributed by atoms with van der Waals surface area (Å²) < 4.78 is 7.69. The van der Waals surface area contributed by atoms with E-state index in [-0.39, 0.29) is 24.5 Å². The van der Waals surface area contributed by atoms with Crippen LogP contribution in [0.2, 0.25) is 0 Å². The maximum absolute atomic E-state index is 13.2. The van der Waals surface area contributed by atoms with Crippen LogP contribution >= 0.6 is 31.9 Å². The molecule has 32 heavy (non-hydrogen) atoms. The van der Waals surface area contributed by atoms with Gasteiger partial charge in [0.25, 0.3) is 5.91 Å². The summed E-state index contributed by atoms with van der Waals surface area (Å²) in [5, 5.41) is 3.15. The van der Waals surface area contributed by atoms with Crippen molar-refractivity contribution in [2.24, 2.45) is 0 Å². The van der Waals surface area contributed by atoms with E-state index in [4.69, 9.17) is 4.74 Å². The van der Waals surface area contributed by atoms with Crippen molar-refractivity contribution in [3.05, 3.63) is 62.5 Å². The van der Waals surface area contributed by atoms with Crippen LogP contribution < -0.4 is 10.1 Å². The van der Waals surface area contributed by atoms with Crippen LogP contribution in [0, 0.1) is 6.92 Å². The van der Waals surface area contributed by atoms with Gasteiger partial charge < -0.3 is 15.0 Å². The predicted octanol–water partition coefficient (Wildman–Crippen LogP) is 5.77. The van der Waals surface area contributed by atoms with Gasteiger partial charge >= 0.3 is 0 Å². The molecule has 0 spiro atoms. The number of ether oxygens (including phenoxy) is 1. The van der Waals surface area contributed by atoms with E-state index in [1.807, 2.05) is 49.4 Å². The van der Waals surface area contributed by atoms with E-state index >= 15 is 0 Å². The highest BCUT2D eigenvalue weighted by Crippen LogP contribution is 2.22. The average Bonchev–Trinajstić information content (AvgIpc) is 2.78. The molecule has 2 aromatic carbocycles. The highest BCUT2D eigenvalue weighted by Gasteiger charge is 2.28. The Hall–Kier alpha value is -1.86. The van der Waals surface area contributed by atoms with Crippen LogP contribution in [-0.4, -0.2) is 35.4 Å². The van der Waals surface area contributed by atoms with Gasteiger partial charge in [-0.3, -0.25) is 9.59 Å². The lowest BCUT2D eigenvalue weighted by atomic mass is 9.95. The van der Waals surface area contributed by atoms with Gasteiger partial charge in [-0.15, -0.1) is 0 Å². The molecule has 0 aromatic heterocycles. The fourth-order valence-electron chi connectivity index (χ4n) is 3.92. The monoisotopic (exact) mass is 564 g/mol. The van der Waals surface area contributed by atoms with Crippen molar-refractivity contribution < 1.29 is 14.3 Å². The number of benzene rings is 2. The Morgan fingerprint density at radius 2 is 1.88 bits per heavy atom. The van der Waals surface area contributed by atoms with Crippen LogP contribution in [0.5, 0.6) is 5.75 Å². The molecule has 5 nitrogen and oxygen atoms in total. The molecule has 1 aliphatic carbocycles. The van der Waals surface area contributed by atoms with E-state index < -0.39 is 6.04 Å². The Morgan fingerprint density at radius 1 is 1.12 bits per heavy atom. The minimum atomic E-state index is -0.598. The number of aryl methyl sites for hydroxylation is 1. The van der Waals surface area contributed by atoms with Crippen LogP contribution in [0.3, 0.4) is 0 Å². The number of hydrogen-bond acceptors (Lipinski definition) is 3. The van der Waals surface area contributed by atoms with Crippen LogP contribution in [0.1, 0.15) is 50.2 Å². The van der Waals surface area contributed by atoms with Gasteiger partial charge in [-0.2, -0.15) is 0 Å². The number of halogens is 2. The first kappa shape index (κ1) is 24.8. The zero-order valence-electron chi connectivity index (χ0n) is 18.6. The van der Waals surface area contributed by atoms with Crippen LogP contribution in [0.25, 0.3) is 0 Å². The van der Waals surface area contributed by atoms with E-state index in [0.717, 1.165) is 45.8 Å². The summed E-state index contributed by atoms with van der Waals surface area (Å²) in [6.45, 7) is 3.96. The number of amides is 2. The lowest BCUT2D eigenvalue weighted by molar-refractivity contribution is -0.142. The summed E-state index contributed by atoms with van der Waals surface area (Å²) in [4.78, 5) is 27.8. The molecule has 1 aliphatic rings. The summed E-state index contributed by atoms with van der Waals surface area (Å²) >= 11 is 6.96. The topological polar surface area (TPSA) is 58.6 Å². The third-order valence-corrected chi connectivity index (χ3v) is 7.24. The molecule has 7 heteroatoms. The molecule has 0 heterocycles. The third-order valence-electron chi connectivity index (χ3n) is 5.85. The molecule has 1 fully saturated rings. The maximum atomic E-state index is 13.2. The van der Waals surface area contributed by atoms with E-state index in [2.05, 4.69) is 37.2 Å². The van der Waals surface area contributed by atoms with Gasteiger partial charge in [-0.1, -0.05) is 63.3 Å². The van der Waals surface area contributed by atoms with E-state index in [1.54, 1.807) is 11.8 Å². The predicted molar refractivity (Wildman–Crippen MR) is 134 cm³/mol. The average molecular weight is 566 g/mol. The highest BCUT2D eigenvalue weighted by molar-refractivity contribution is 9.10. The van der Waals surface area contributed by atoms with Gasteiger partial charge in [0.15, 0.2) is 6.61 Å². The van der Waals surface area contributed by atoms with Crippen molar-refractivity contribution in [3.63, 3.8) is 0 Å². The molecule has 2 aromatic rings. The van der Waals surface area contributed by atoms with Gasteiger partial charge in [-0.05, 0) is 68.1 Å². The smallest absolute Gasteiger partial charge is 0.261 e. The van der Waals surface area contributed by atoms with Gasteiger partial charge in [0, 0.05) is 21.5 Å². The highest BCUT2D eigenvalue weighted by atomic mass is 79.9. The molecule has 1 atom stereocenters. The second kappa shape index (κ2) is 11.8. The molecule has 2 amide bonds. The van der Waals surface area contributed by atoms with Gasteiger partial charge in [0.05, 0.1) is 0 Å². The number of nitrogens with one attached hydrogen (secondary N) is 1. The molecule has 0 radical (unpaired) electrons. The molecular weight excluding hydrogens is 536 g/mol. The Morgan fingerprint density at radius 3 is 2.56 bits per heavy atom. The van der Waals surface area contributed by atoms with Crippen molar-refractivity contribution in [1.29, 1.82) is 0 Å². The minimum absolute atomic E-state index is 0.111. The molecule has 0 bridgehead atoms. The number of nitrogens with zero attached hydrogens (tertiary/aromatic N) is 1. The molecule has 172 valence electrons. The van der Waals surface area contributed by atoms with Crippen molar-refractivity contribution in [2.75, 3.05) is 6.61 Å². The second-order valence-corrected chi connectivity index (χ2v) is 10.1. The van der Waals surface area contributed by atoms with Crippen molar-refractivity contribution in [3.8, 4) is 5.75 Å². The van der Waals surface area contributed by atoms with E-state index in [1.165, 1.54) is 6.42 Å². The van der Waals surface area contributed by atoms with E-state index in [0.29, 0.717) is 12.3 Å². The summed E-state index contributed by atoms with van der Waals surface area (Å²) in [5.74, 6) is 0.289. The number of carbonyl (C=O) groups excluding carboxylic acids is 2. The lowest BCUT2D eigenvalue weighted by Gasteiger charge is -2.31. The first-order valence-electron chi connectivity index (χ1n) is 11.1. The molecule has 0 unspecified atom stereocenters. The maximum Gasteiger partial charge on any atom is 0.261 e. The fourth-order valence-corrected chi connectivity index (χ4v) is 4.61. The quantitative estimate of drug-likeness (QED) is 0.442. The molecule has 1 N–H and O–H groups in total. The summed E-state index contributed by atoms with van der Waals surface area (Å²) in [6.07, 6.45) is 5.51. The van der Waals surface area contributed by atoms with Gasteiger partial charge in [-0.25, -0.2) is 0 Å². The Bertz CT molecular complexity index is 945. The normalized spacial score (nSPS) is 15.1. The molecule has 1 saturated carbocycles. The third kappa shape index (κ3) is 7.07. The molecular formula is C25H30Br2N2O3. The summed E-state index contributed by atoms with van der Waals surface area (Å²) in [6, 6.07) is 13.0. The minimum Gasteiger partial charge on any atom is -0.484 e. The molecule has 3 rings (SSSR count). The van der Waals surface area contributed by atoms with Crippen LogP contribution in [0.15, 0.2) is 51.4 Å². The van der Waals surface area contributed by atoms with Crippen molar-refractivity contribution >= 4 is 43.7 Å². The van der Waals surface area contributed by atoms with Crippen molar-refractivity contribution in [1.82, 2.24) is 10.2 Å². The van der Waals surface area contributed by atoms with Crippen LogP contribution in [-0.2, 0) is 16.1 Å². The Kier molecular flexibility index (Phi) is 9.17. The number of hydrogen-bond donors (Lipinski definition) is 1. The first-order chi connectivity index (χ1) is 15.3. The largest absolute Gasteiger partial charge is 0.484 e. The fraction of sp³-hybridized carbons (Fsp3) is 0.440. The first-order valence-corrected chi connectivity index (χ1v) is 12.7. The van der Waals surface area contributed by atoms with Gasteiger partial charge in [0.2, 0.25) is 5.91 Å². The van der Waals surface area contributed by atoms with Crippen LogP contribution in [0.4, 0.5) is 0 Å². The molecule has 0 aliphatic heterocycles. The Balaban J connectivity index is 1.71. The standard InChI is InChI=1S/C25H30Br2N2O3/c1-17-13-22(11-12-23(17)27)32-16-24(30)29(15-19-7-6-8-20(26)14-19)18(2)25(31)28-21-9-4-3-5-10-21/h6-8,11-14,18,21H,3-5,9-10,15-16H2,1-2H3,(H,28,31)/t18-/m0/s1. The number of carbonyl (C=O) groups is 2. The van der Waals surface area contributed by atoms with Crippen molar-refractivity contribution in [2.45, 2.75) is 64.6 Å². The summed E-state index contributed by atoms with van der Waals surface area (Å²) in [5.41, 5.74) is 1.98. The lowest BCUT2D eigenvalue weighted by Crippen LogP contribution is -2.51. The zero-order valence-corrected chi connectivity index (χ0v) is 21.7. The second-order valence-electron chi connectivity index (χ2n) is 8.37.